The van der Waals surface area contributed by atoms with Crippen molar-refractivity contribution < 1.29 is 0 Å². The summed E-state index contributed by atoms with van der Waals surface area (Å²) in [6.07, 6.45) is 3.40. The summed E-state index contributed by atoms with van der Waals surface area (Å²) in [5.74, 6) is 0.485. The molecule has 0 amide bonds. The van der Waals surface area contributed by atoms with Crippen LogP contribution in [0.25, 0.3) is 5.57 Å². The summed E-state index contributed by atoms with van der Waals surface area (Å²) in [7, 11) is 0. The largest absolute Gasteiger partial charge is 0.330 e. The maximum Gasteiger partial charge on any atom is -0.00108 e. The minimum Gasteiger partial charge on any atom is -0.330 e. The zero-order valence-corrected chi connectivity index (χ0v) is 8.88. The average molecular weight is 187 g/mol. The molecule has 0 fully saturated rings. The molecule has 74 valence electrons. The van der Waals surface area contributed by atoms with Gasteiger partial charge in [-0.1, -0.05) is 36.8 Å². The second-order valence-corrected chi connectivity index (χ2v) is 4.16. The maximum atomic E-state index is 5.70. The molecule has 0 saturated carbocycles. The number of fused-ring (bicyclic) bond motifs is 1. The van der Waals surface area contributed by atoms with Crippen LogP contribution in [0, 0.1) is 12.8 Å². The van der Waals surface area contributed by atoms with Gasteiger partial charge in [-0.05, 0) is 42.5 Å². The van der Waals surface area contributed by atoms with E-state index >= 15 is 0 Å². The lowest BCUT2D eigenvalue weighted by atomic mass is 9.95. The Morgan fingerprint density at radius 2 is 2.21 bits per heavy atom. The second kappa shape index (κ2) is 3.58. The normalized spacial score (nSPS) is 16.4. The summed E-state index contributed by atoms with van der Waals surface area (Å²) < 4.78 is 0. The average Bonchev–Trinajstić information content (AvgIpc) is 2.59. The smallest absolute Gasteiger partial charge is 0.00108 e. The Labute approximate surface area is 85.6 Å². The minimum atomic E-state index is 0.485. The van der Waals surface area contributed by atoms with E-state index in [9.17, 15) is 0 Å². The van der Waals surface area contributed by atoms with E-state index in [1.54, 1.807) is 0 Å². The van der Waals surface area contributed by atoms with Crippen LogP contribution in [0.15, 0.2) is 24.3 Å². The number of hydrogen-bond acceptors (Lipinski definition) is 1. The first-order valence-electron chi connectivity index (χ1n) is 5.22. The molecule has 1 heteroatoms. The molecule has 1 aliphatic rings. The molecule has 0 spiro atoms. The van der Waals surface area contributed by atoms with Crippen LogP contribution in [0.3, 0.4) is 0 Å². The number of benzene rings is 1. The first-order chi connectivity index (χ1) is 6.72. The van der Waals surface area contributed by atoms with Crippen LogP contribution < -0.4 is 5.73 Å². The fourth-order valence-corrected chi connectivity index (χ4v) is 2.10. The highest BCUT2D eigenvalue weighted by molar-refractivity contribution is 5.74. The number of aryl methyl sites for hydroxylation is 1. The second-order valence-electron chi connectivity index (χ2n) is 4.16. The molecular formula is C13H17N. The van der Waals surface area contributed by atoms with Gasteiger partial charge < -0.3 is 5.73 Å². The first-order valence-corrected chi connectivity index (χ1v) is 5.22. The fourth-order valence-electron chi connectivity index (χ4n) is 2.10. The molecule has 1 nitrogen and oxygen atoms in total. The van der Waals surface area contributed by atoms with E-state index in [0.717, 1.165) is 13.0 Å². The number of rotatable bonds is 2. The van der Waals surface area contributed by atoms with Gasteiger partial charge in [-0.3, -0.25) is 0 Å². The van der Waals surface area contributed by atoms with Gasteiger partial charge in [0.1, 0.15) is 0 Å². The molecule has 0 bridgehead atoms. The zero-order chi connectivity index (χ0) is 10.1. The Bertz CT molecular complexity index is 377. The predicted octanol–water partition coefficient (Wildman–Crippen LogP) is 2.53. The van der Waals surface area contributed by atoms with Crippen molar-refractivity contribution in [1.82, 2.24) is 0 Å². The molecule has 0 aromatic heterocycles. The lowest BCUT2D eigenvalue weighted by molar-refractivity contribution is 0.761. The summed E-state index contributed by atoms with van der Waals surface area (Å²) in [6.45, 7) is 5.07. The molecule has 0 saturated heterocycles. The van der Waals surface area contributed by atoms with Gasteiger partial charge >= 0.3 is 0 Å². The van der Waals surface area contributed by atoms with E-state index in [-0.39, 0.29) is 0 Å². The van der Waals surface area contributed by atoms with Crippen molar-refractivity contribution in [3.05, 3.63) is 41.0 Å². The Balaban J connectivity index is 2.37. The van der Waals surface area contributed by atoms with Crippen LogP contribution in [0.2, 0.25) is 0 Å². The van der Waals surface area contributed by atoms with Gasteiger partial charge in [0.2, 0.25) is 0 Å². The summed E-state index contributed by atoms with van der Waals surface area (Å²) in [5.41, 5.74) is 11.3. The molecule has 0 heterocycles. The maximum absolute atomic E-state index is 5.70. The van der Waals surface area contributed by atoms with Crippen LogP contribution in [0.1, 0.15) is 23.6 Å². The van der Waals surface area contributed by atoms with Gasteiger partial charge in [-0.25, -0.2) is 0 Å². The fraction of sp³-hybridized carbons (Fsp3) is 0.385. The van der Waals surface area contributed by atoms with Crippen molar-refractivity contribution in [3.8, 4) is 0 Å². The van der Waals surface area contributed by atoms with Crippen LogP contribution in [-0.2, 0) is 6.42 Å². The molecule has 1 aromatic carbocycles. The lowest BCUT2D eigenvalue weighted by Crippen LogP contribution is -2.11. The van der Waals surface area contributed by atoms with Crippen molar-refractivity contribution in [2.24, 2.45) is 11.7 Å². The van der Waals surface area contributed by atoms with Gasteiger partial charge in [0, 0.05) is 0 Å². The van der Waals surface area contributed by atoms with Gasteiger partial charge in [0.05, 0.1) is 0 Å². The van der Waals surface area contributed by atoms with Crippen LogP contribution in [0.4, 0.5) is 0 Å². The van der Waals surface area contributed by atoms with E-state index in [1.165, 1.54) is 22.3 Å². The molecule has 14 heavy (non-hydrogen) atoms. The molecule has 2 rings (SSSR count). The van der Waals surface area contributed by atoms with Gasteiger partial charge in [0.15, 0.2) is 0 Å². The Morgan fingerprint density at radius 1 is 1.43 bits per heavy atom. The number of hydrogen-bond donors (Lipinski definition) is 1. The summed E-state index contributed by atoms with van der Waals surface area (Å²) in [6, 6.07) is 6.69. The first kappa shape index (κ1) is 9.47. The van der Waals surface area contributed by atoms with E-state index in [2.05, 4.69) is 38.1 Å². The monoisotopic (exact) mass is 187 g/mol. The number of nitrogens with two attached hydrogens (primary N) is 1. The zero-order valence-electron chi connectivity index (χ0n) is 8.88. The van der Waals surface area contributed by atoms with Gasteiger partial charge in [0.25, 0.3) is 0 Å². The van der Waals surface area contributed by atoms with Crippen LogP contribution in [0.5, 0.6) is 0 Å². The van der Waals surface area contributed by atoms with Crippen molar-refractivity contribution >= 4 is 5.57 Å². The van der Waals surface area contributed by atoms with E-state index in [4.69, 9.17) is 5.73 Å². The number of allylic oxidation sites excluding steroid dienone is 1. The summed E-state index contributed by atoms with van der Waals surface area (Å²) in [5, 5.41) is 0. The molecule has 1 aliphatic carbocycles. The highest BCUT2D eigenvalue weighted by Crippen LogP contribution is 2.32. The van der Waals surface area contributed by atoms with Gasteiger partial charge in [-0.2, -0.15) is 0 Å². The quantitative estimate of drug-likeness (QED) is 0.756. The summed E-state index contributed by atoms with van der Waals surface area (Å²) in [4.78, 5) is 0. The minimum absolute atomic E-state index is 0.485. The molecule has 1 aromatic rings. The van der Waals surface area contributed by atoms with E-state index < -0.39 is 0 Å². The Morgan fingerprint density at radius 3 is 2.93 bits per heavy atom. The van der Waals surface area contributed by atoms with Crippen molar-refractivity contribution in [3.63, 3.8) is 0 Å². The van der Waals surface area contributed by atoms with Crippen LogP contribution >= 0.6 is 0 Å². The highest BCUT2D eigenvalue weighted by Gasteiger charge is 2.17. The molecule has 0 radical (unpaired) electrons. The third-order valence-corrected chi connectivity index (χ3v) is 3.00. The molecule has 1 unspecified atom stereocenters. The van der Waals surface area contributed by atoms with Crippen molar-refractivity contribution in [2.75, 3.05) is 6.54 Å². The van der Waals surface area contributed by atoms with Gasteiger partial charge in [-0.15, -0.1) is 0 Å². The Kier molecular flexibility index (Phi) is 2.42. The van der Waals surface area contributed by atoms with E-state index in [0.29, 0.717) is 5.92 Å². The van der Waals surface area contributed by atoms with Crippen molar-refractivity contribution in [1.29, 1.82) is 0 Å². The van der Waals surface area contributed by atoms with E-state index in [1.807, 2.05) is 0 Å². The topological polar surface area (TPSA) is 26.0 Å². The third kappa shape index (κ3) is 1.48. The lowest BCUT2D eigenvalue weighted by Gasteiger charge is -2.12. The molecule has 0 aliphatic heterocycles. The predicted molar refractivity (Wildman–Crippen MR) is 61.1 cm³/mol. The molecule has 1 atom stereocenters. The molecular weight excluding hydrogens is 170 g/mol. The third-order valence-electron chi connectivity index (χ3n) is 3.00. The standard InChI is InChI=1S/C13H17N/c1-9-3-5-13-11(7-9)4-6-12(13)10(2)8-14/h3,5-7,10H,4,8,14H2,1-2H3. The van der Waals surface area contributed by atoms with Crippen molar-refractivity contribution in [2.45, 2.75) is 20.3 Å². The highest BCUT2D eigenvalue weighted by atomic mass is 14.5. The summed E-state index contributed by atoms with van der Waals surface area (Å²) >= 11 is 0. The Hall–Kier alpha value is -1.08. The SMILES string of the molecule is Cc1ccc2c(c1)CC=C2C(C)CN. The molecule has 2 N–H and O–H groups in total. The van der Waals surface area contributed by atoms with Crippen LogP contribution in [-0.4, -0.2) is 6.54 Å².